The second-order valence-corrected chi connectivity index (χ2v) is 6.22. The zero-order valence-electron chi connectivity index (χ0n) is 16.0. The number of aliphatic imine (C=N–C) groups is 1. The number of hydrogen-bond acceptors (Lipinski definition) is 3. The van der Waals surface area contributed by atoms with Crippen LogP contribution in [0.3, 0.4) is 0 Å². The number of nitrogens with zero attached hydrogens (tertiary/aromatic N) is 1. The van der Waals surface area contributed by atoms with E-state index in [4.69, 9.17) is 9.47 Å². The second-order valence-electron chi connectivity index (χ2n) is 6.22. The van der Waals surface area contributed by atoms with Crippen LogP contribution in [0.2, 0.25) is 0 Å². The predicted octanol–water partition coefficient (Wildman–Crippen LogP) is 3.55. The molecule has 2 aromatic rings. The van der Waals surface area contributed by atoms with Crippen molar-refractivity contribution in [1.82, 2.24) is 10.6 Å². The first-order valence-electron chi connectivity index (χ1n) is 9.19. The van der Waals surface area contributed by atoms with Crippen molar-refractivity contribution in [3.63, 3.8) is 0 Å². The predicted molar refractivity (Wildman–Crippen MR) is 121 cm³/mol. The van der Waals surface area contributed by atoms with E-state index in [0.717, 1.165) is 49.0 Å². The van der Waals surface area contributed by atoms with E-state index in [2.05, 4.69) is 46.0 Å². The molecule has 0 fully saturated rings. The first kappa shape index (κ1) is 21.3. The molecule has 0 radical (unpaired) electrons. The van der Waals surface area contributed by atoms with Crippen LogP contribution in [-0.4, -0.2) is 32.8 Å². The first-order valence-corrected chi connectivity index (χ1v) is 9.19. The Morgan fingerprint density at radius 3 is 2.85 bits per heavy atom. The smallest absolute Gasteiger partial charge is 0.191 e. The number of ether oxygens (including phenoxy) is 2. The van der Waals surface area contributed by atoms with Gasteiger partial charge in [0, 0.05) is 26.6 Å². The summed E-state index contributed by atoms with van der Waals surface area (Å²) in [7, 11) is 1.79. The highest BCUT2D eigenvalue weighted by molar-refractivity contribution is 14.0. The fourth-order valence-electron chi connectivity index (χ4n) is 3.04. The minimum atomic E-state index is 0. The van der Waals surface area contributed by atoms with Gasteiger partial charge in [-0.15, -0.1) is 24.0 Å². The molecule has 1 aliphatic rings. The van der Waals surface area contributed by atoms with E-state index in [0.29, 0.717) is 13.2 Å². The number of halogens is 1. The molecule has 2 aromatic carbocycles. The Morgan fingerprint density at radius 1 is 1.15 bits per heavy atom. The Labute approximate surface area is 178 Å². The zero-order chi connectivity index (χ0) is 18.2. The number of fused-ring (bicyclic) bond motifs is 1. The van der Waals surface area contributed by atoms with Gasteiger partial charge in [-0.25, -0.2) is 0 Å². The van der Waals surface area contributed by atoms with Gasteiger partial charge in [-0.2, -0.15) is 0 Å². The maximum Gasteiger partial charge on any atom is 0.191 e. The lowest BCUT2D eigenvalue weighted by Gasteiger charge is -2.13. The summed E-state index contributed by atoms with van der Waals surface area (Å²) in [6, 6.07) is 14.6. The largest absolute Gasteiger partial charge is 0.494 e. The highest BCUT2D eigenvalue weighted by Crippen LogP contribution is 2.25. The monoisotopic (exact) mass is 481 g/mol. The Balaban J connectivity index is 0.00000261. The maximum absolute atomic E-state index is 5.56. The molecule has 146 valence electrons. The van der Waals surface area contributed by atoms with Crippen LogP contribution in [-0.2, 0) is 19.4 Å². The van der Waals surface area contributed by atoms with Crippen LogP contribution in [0, 0.1) is 0 Å². The summed E-state index contributed by atoms with van der Waals surface area (Å²) in [5, 5.41) is 6.72. The lowest BCUT2D eigenvalue weighted by Crippen LogP contribution is -2.37. The second kappa shape index (κ2) is 11.0. The molecule has 0 aliphatic carbocycles. The van der Waals surface area contributed by atoms with Crippen LogP contribution in [0.1, 0.15) is 23.6 Å². The summed E-state index contributed by atoms with van der Waals surface area (Å²) in [5.74, 6) is 2.74. The van der Waals surface area contributed by atoms with Gasteiger partial charge in [0.25, 0.3) is 0 Å². The summed E-state index contributed by atoms with van der Waals surface area (Å²) >= 11 is 0. The molecule has 1 heterocycles. The van der Waals surface area contributed by atoms with E-state index >= 15 is 0 Å². The third-order valence-corrected chi connectivity index (χ3v) is 4.35. The lowest BCUT2D eigenvalue weighted by atomic mass is 10.1. The number of rotatable bonds is 7. The van der Waals surface area contributed by atoms with Gasteiger partial charge in [-0.05, 0) is 48.2 Å². The van der Waals surface area contributed by atoms with Gasteiger partial charge < -0.3 is 20.1 Å². The Kier molecular flexibility index (Phi) is 8.71. The van der Waals surface area contributed by atoms with Gasteiger partial charge >= 0.3 is 0 Å². The van der Waals surface area contributed by atoms with Gasteiger partial charge in [0.05, 0.1) is 13.2 Å². The third-order valence-electron chi connectivity index (χ3n) is 4.35. The van der Waals surface area contributed by atoms with Gasteiger partial charge in [0.15, 0.2) is 5.96 Å². The maximum atomic E-state index is 5.56. The third kappa shape index (κ3) is 6.30. The van der Waals surface area contributed by atoms with E-state index in [1.54, 1.807) is 7.05 Å². The van der Waals surface area contributed by atoms with Crippen molar-refractivity contribution in [3.05, 3.63) is 59.2 Å². The number of hydrogen-bond donors (Lipinski definition) is 2. The molecule has 0 amide bonds. The topological polar surface area (TPSA) is 54.9 Å². The van der Waals surface area contributed by atoms with Crippen molar-refractivity contribution in [3.8, 4) is 11.5 Å². The number of benzene rings is 2. The molecule has 0 bridgehead atoms. The standard InChI is InChI=1S/C21H27N3O2.HI/c1-3-25-19-6-4-5-17(14-19)15-24-21(22-2)23-11-9-16-7-8-20-18(13-16)10-12-26-20;/h4-8,13-14H,3,9-12,15H2,1-2H3,(H2,22,23,24);1H. The van der Waals surface area contributed by atoms with Crippen molar-refractivity contribution in [2.75, 3.05) is 26.8 Å². The van der Waals surface area contributed by atoms with Crippen LogP contribution in [0.4, 0.5) is 0 Å². The number of guanidine groups is 1. The average Bonchev–Trinajstić information content (AvgIpc) is 3.13. The fourth-order valence-corrected chi connectivity index (χ4v) is 3.04. The lowest BCUT2D eigenvalue weighted by molar-refractivity contribution is 0.340. The average molecular weight is 481 g/mol. The van der Waals surface area contributed by atoms with Crippen LogP contribution in [0.5, 0.6) is 11.5 Å². The van der Waals surface area contributed by atoms with Crippen LogP contribution >= 0.6 is 24.0 Å². The van der Waals surface area contributed by atoms with E-state index < -0.39 is 0 Å². The van der Waals surface area contributed by atoms with Crippen molar-refractivity contribution in [2.45, 2.75) is 26.3 Å². The first-order chi connectivity index (χ1) is 12.8. The Morgan fingerprint density at radius 2 is 2.04 bits per heavy atom. The highest BCUT2D eigenvalue weighted by atomic mass is 127. The molecule has 0 saturated carbocycles. The van der Waals surface area contributed by atoms with E-state index in [9.17, 15) is 0 Å². The molecule has 6 heteroatoms. The van der Waals surface area contributed by atoms with Crippen molar-refractivity contribution in [1.29, 1.82) is 0 Å². The summed E-state index contributed by atoms with van der Waals surface area (Å²) in [4.78, 5) is 4.29. The van der Waals surface area contributed by atoms with Gasteiger partial charge in [0.1, 0.15) is 11.5 Å². The molecule has 1 aliphatic heterocycles. The summed E-state index contributed by atoms with van der Waals surface area (Å²) < 4.78 is 11.1. The molecule has 2 N–H and O–H groups in total. The van der Waals surface area contributed by atoms with Crippen molar-refractivity contribution < 1.29 is 9.47 Å². The SMILES string of the molecule is CCOc1cccc(CNC(=NC)NCCc2ccc3c(c2)CCO3)c1.I. The highest BCUT2D eigenvalue weighted by Gasteiger charge is 2.11. The molecular weight excluding hydrogens is 453 g/mol. The van der Waals surface area contributed by atoms with Crippen LogP contribution in [0.15, 0.2) is 47.5 Å². The molecular formula is C21H28IN3O2. The van der Waals surface area contributed by atoms with Crippen LogP contribution in [0.25, 0.3) is 0 Å². The van der Waals surface area contributed by atoms with E-state index in [-0.39, 0.29) is 24.0 Å². The molecule has 0 unspecified atom stereocenters. The quantitative estimate of drug-likeness (QED) is 0.361. The molecule has 0 saturated heterocycles. The van der Waals surface area contributed by atoms with Gasteiger partial charge in [0.2, 0.25) is 0 Å². The van der Waals surface area contributed by atoms with Gasteiger partial charge in [-0.3, -0.25) is 4.99 Å². The fraction of sp³-hybridized carbons (Fsp3) is 0.381. The molecule has 0 aromatic heterocycles. The van der Waals surface area contributed by atoms with Crippen molar-refractivity contribution >= 4 is 29.9 Å². The molecule has 3 rings (SSSR count). The minimum Gasteiger partial charge on any atom is -0.494 e. The summed E-state index contributed by atoms with van der Waals surface area (Å²) in [6.07, 6.45) is 1.97. The van der Waals surface area contributed by atoms with E-state index in [1.807, 2.05) is 19.1 Å². The van der Waals surface area contributed by atoms with Crippen molar-refractivity contribution in [2.24, 2.45) is 4.99 Å². The normalized spacial score (nSPS) is 12.6. The molecule has 0 spiro atoms. The molecule has 0 atom stereocenters. The Hall–Kier alpha value is -1.96. The minimum absolute atomic E-state index is 0. The summed E-state index contributed by atoms with van der Waals surface area (Å²) in [5.41, 5.74) is 3.80. The van der Waals surface area contributed by atoms with Gasteiger partial charge in [-0.1, -0.05) is 24.3 Å². The zero-order valence-corrected chi connectivity index (χ0v) is 18.3. The van der Waals surface area contributed by atoms with Crippen LogP contribution < -0.4 is 20.1 Å². The molecule has 27 heavy (non-hydrogen) atoms. The Bertz CT molecular complexity index is 765. The number of nitrogens with one attached hydrogen (secondary N) is 2. The molecule has 5 nitrogen and oxygen atoms in total. The summed E-state index contributed by atoms with van der Waals surface area (Å²) in [6.45, 7) is 5.01. The van der Waals surface area contributed by atoms with E-state index in [1.165, 1.54) is 11.1 Å².